The number of rotatable bonds is 8. The molecule has 0 spiro atoms. The molecule has 0 radical (unpaired) electrons. The molecule has 3 aromatic rings. The quantitative estimate of drug-likeness (QED) is 0.458. The standard InChI is InChI=1S/C22H24N4OS/c1-3-26(4-2)20-12-10-17(11-13-20)15-23-25-21(27)14-19-16-28-22(24-19)18-8-6-5-7-9-18/h5-13,15-16H,3-4,14H2,1-2H3,(H,25,27)/b23-15+. The van der Waals surface area contributed by atoms with Crippen molar-refractivity contribution in [2.24, 2.45) is 5.10 Å². The highest BCUT2D eigenvalue weighted by atomic mass is 32.1. The lowest BCUT2D eigenvalue weighted by molar-refractivity contribution is -0.120. The summed E-state index contributed by atoms with van der Waals surface area (Å²) in [7, 11) is 0. The Hall–Kier alpha value is -2.99. The number of benzene rings is 2. The minimum atomic E-state index is -0.180. The zero-order valence-corrected chi connectivity index (χ0v) is 16.9. The first-order chi connectivity index (χ1) is 13.7. The Labute approximate surface area is 169 Å². The molecule has 1 heterocycles. The van der Waals surface area contributed by atoms with Gasteiger partial charge in [0.15, 0.2) is 0 Å². The van der Waals surface area contributed by atoms with Crippen LogP contribution in [-0.4, -0.2) is 30.2 Å². The molecule has 0 aliphatic rings. The number of carbonyl (C=O) groups is 1. The third kappa shape index (κ3) is 5.27. The van der Waals surface area contributed by atoms with Crippen LogP contribution in [-0.2, 0) is 11.2 Å². The molecule has 0 unspecified atom stereocenters. The normalized spacial score (nSPS) is 10.9. The van der Waals surface area contributed by atoms with Crippen molar-refractivity contribution in [1.29, 1.82) is 0 Å². The molecular weight excluding hydrogens is 368 g/mol. The molecule has 2 aromatic carbocycles. The molecule has 0 fully saturated rings. The van der Waals surface area contributed by atoms with Crippen LogP contribution in [0.1, 0.15) is 25.1 Å². The van der Waals surface area contributed by atoms with Crippen molar-refractivity contribution < 1.29 is 4.79 Å². The first-order valence-electron chi connectivity index (χ1n) is 9.36. The second-order valence-electron chi connectivity index (χ2n) is 6.24. The van der Waals surface area contributed by atoms with Gasteiger partial charge in [0.1, 0.15) is 5.01 Å². The Morgan fingerprint density at radius 2 is 1.82 bits per heavy atom. The summed E-state index contributed by atoms with van der Waals surface area (Å²) in [6, 6.07) is 18.1. The van der Waals surface area contributed by atoms with Crippen molar-refractivity contribution in [2.75, 3.05) is 18.0 Å². The van der Waals surface area contributed by atoms with Crippen molar-refractivity contribution in [3.63, 3.8) is 0 Å². The van der Waals surface area contributed by atoms with Gasteiger partial charge in [-0.3, -0.25) is 4.79 Å². The monoisotopic (exact) mass is 392 g/mol. The fourth-order valence-corrected chi connectivity index (χ4v) is 3.67. The zero-order valence-electron chi connectivity index (χ0n) is 16.1. The summed E-state index contributed by atoms with van der Waals surface area (Å²) in [5, 5.41) is 6.89. The number of carbonyl (C=O) groups excluding carboxylic acids is 1. The van der Waals surface area contributed by atoms with Gasteiger partial charge in [0, 0.05) is 29.7 Å². The number of hydrogen-bond acceptors (Lipinski definition) is 5. The van der Waals surface area contributed by atoms with Crippen LogP contribution in [0.3, 0.4) is 0 Å². The molecule has 1 amide bonds. The smallest absolute Gasteiger partial charge is 0.246 e. The highest BCUT2D eigenvalue weighted by Crippen LogP contribution is 2.23. The van der Waals surface area contributed by atoms with Crippen molar-refractivity contribution in [3.05, 3.63) is 71.2 Å². The van der Waals surface area contributed by atoms with Gasteiger partial charge in [-0.15, -0.1) is 11.3 Å². The van der Waals surface area contributed by atoms with Crippen LogP contribution in [0.4, 0.5) is 5.69 Å². The second-order valence-corrected chi connectivity index (χ2v) is 7.10. The van der Waals surface area contributed by atoms with Gasteiger partial charge in [-0.2, -0.15) is 5.10 Å². The topological polar surface area (TPSA) is 57.6 Å². The maximum absolute atomic E-state index is 12.1. The third-order valence-electron chi connectivity index (χ3n) is 4.34. The lowest BCUT2D eigenvalue weighted by Crippen LogP contribution is -2.21. The summed E-state index contributed by atoms with van der Waals surface area (Å²) in [6.45, 7) is 6.23. The number of hydrazone groups is 1. The van der Waals surface area contributed by atoms with Crippen LogP contribution in [0.2, 0.25) is 0 Å². The molecule has 0 atom stereocenters. The molecule has 28 heavy (non-hydrogen) atoms. The largest absolute Gasteiger partial charge is 0.372 e. The van der Waals surface area contributed by atoms with Crippen molar-refractivity contribution >= 4 is 29.1 Å². The van der Waals surface area contributed by atoms with Crippen LogP contribution in [0.5, 0.6) is 0 Å². The molecular formula is C22H24N4OS. The number of nitrogens with one attached hydrogen (secondary N) is 1. The van der Waals surface area contributed by atoms with Gasteiger partial charge in [0.25, 0.3) is 0 Å². The molecule has 6 heteroatoms. The second kappa shape index (κ2) is 9.80. The van der Waals surface area contributed by atoms with Crippen molar-refractivity contribution in [1.82, 2.24) is 10.4 Å². The van der Waals surface area contributed by atoms with Gasteiger partial charge in [0.2, 0.25) is 5.91 Å². The van der Waals surface area contributed by atoms with E-state index in [1.54, 1.807) is 6.21 Å². The summed E-state index contributed by atoms with van der Waals surface area (Å²) in [6.07, 6.45) is 1.86. The van der Waals surface area contributed by atoms with Crippen LogP contribution in [0, 0.1) is 0 Å². The molecule has 3 rings (SSSR count). The molecule has 0 aliphatic carbocycles. The van der Waals surface area contributed by atoms with Gasteiger partial charge in [-0.05, 0) is 31.5 Å². The van der Waals surface area contributed by atoms with E-state index in [0.29, 0.717) is 0 Å². The van der Waals surface area contributed by atoms with E-state index in [0.717, 1.165) is 34.9 Å². The summed E-state index contributed by atoms with van der Waals surface area (Å²) >= 11 is 1.54. The molecule has 1 N–H and O–H groups in total. The SMILES string of the molecule is CCN(CC)c1ccc(/C=N/NC(=O)Cc2csc(-c3ccccc3)n2)cc1. The van der Waals surface area contributed by atoms with E-state index in [1.165, 1.54) is 17.0 Å². The summed E-state index contributed by atoms with van der Waals surface area (Å²) < 4.78 is 0. The van der Waals surface area contributed by atoms with Crippen LogP contribution >= 0.6 is 11.3 Å². The first kappa shape index (κ1) is 19.8. The Morgan fingerprint density at radius 3 is 2.50 bits per heavy atom. The lowest BCUT2D eigenvalue weighted by atomic mass is 10.2. The summed E-state index contributed by atoms with van der Waals surface area (Å²) in [5.41, 5.74) is 6.51. The molecule has 0 saturated carbocycles. The van der Waals surface area contributed by atoms with Gasteiger partial charge in [-0.1, -0.05) is 42.5 Å². The van der Waals surface area contributed by atoms with Gasteiger partial charge in [-0.25, -0.2) is 10.4 Å². The minimum absolute atomic E-state index is 0.180. The number of amides is 1. The molecule has 5 nitrogen and oxygen atoms in total. The van der Waals surface area contributed by atoms with E-state index in [4.69, 9.17) is 0 Å². The van der Waals surface area contributed by atoms with Crippen LogP contribution in [0.15, 0.2) is 65.1 Å². The van der Waals surface area contributed by atoms with Crippen LogP contribution in [0.25, 0.3) is 10.6 Å². The Bertz CT molecular complexity index is 915. The van der Waals surface area contributed by atoms with Crippen molar-refractivity contribution in [2.45, 2.75) is 20.3 Å². The van der Waals surface area contributed by atoms with E-state index in [1.807, 2.05) is 47.8 Å². The summed E-state index contributed by atoms with van der Waals surface area (Å²) in [4.78, 5) is 18.9. The van der Waals surface area contributed by atoms with E-state index < -0.39 is 0 Å². The molecule has 0 saturated heterocycles. The number of thiazole rings is 1. The Balaban J connectivity index is 1.52. The Kier molecular flexibility index (Phi) is 6.92. The molecule has 0 aliphatic heterocycles. The average molecular weight is 393 g/mol. The fraction of sp³-hybridized carbons (Fsp3) is 0.227. The van der Waals surface area contributed by atoms with E-state index in [9.17, 15) is 4.79 Å². The maximum Gasteiger partial charge on any atom is 0.246 e. The minimum Gasteiger partial charge on any atom is -0.372 e. The average Bonchev–Trinajstić information content (AvgIpc) is 3.19. The van der Waals surface area contributed by atoms with Gasteiger partial charge in [0.05, 0.1) is 18.3 Å². The first-order valence-corrected chi connectivity index (χ1v) is 10.2. The van der Waals surface area contributed by atoms with Gasteiger partial charge >= 0.3 is 0 Å². The predicted molar refractivity (Wildman–Crippen MR) is 117 cm³/mol. The van der Waals surface area contributed by atoms with Crippen LogP contribution < -0.4 is 10.3 Å². The highest BCUT2D eigenvalue weighted by molar-refractivity contribution is 7.13. The lowest BCUT2D eigenvalue weighted by Gasteiger charge is -2.20. The Morgan fingerprint density at radius 1 is 1.11 bits per heavy atom. The predicted octanol–water partition coefficient (Wildman–Crippen LogP) is 4.35. The van der Waals surface area contributed by atoms with Crippen molar-refractivity contribution in [3.8, 4) is 10.6 Å². The number of nitrogens with zero attached hydrogens (tertiary/aromatic N) is 3. The number of hydrogen-bond donors (Lipinski definition) is 1. The summed E-state index contributed by atoms with van der Waals surface area (Å²) in [5.74, 6) is -0.180. The number of aromatic nitrogens is 1. The fourth-order valence-electron chi connectivity index (χ4n) is 2.84. The molecule has 0 bridgehead atoms. The van der Waals surface area contributed by atoms with E-state index >= 15 is 0 Å². The third-order valence-corrected chi connectivity index (χ3v) is 5.28. The zero-order chi connectivity index (χ0) is 19.8. The molecule has 1 aromatic heterocycles. The molecule has 144 valence electrons. The maximum atomic E-state index is 12.1. The van der Waals surface area contributed by atoms with E-state index in [-0.39, 0.29) is 12.3 Å². The van der Waals surface area contributed by atoms with Gasteiger partial charge < -0.3 is 4.90 Å². The highest BCUT2D eigenvalue weighted by Gasteiger charge is 2.08. The van der Waals surface area contributed by atoms with E-state index in [2.05, 4.69) is 46.4 Å². The number of anilines is 1.